The summed E-state index contributed by atoms with van der Waals surface area (Å²) in [6.07, 6.45) is -0.835. The molecule has 1 aromatic carbocycles. The van der Waals surface area contributed by atoms with Gasteiger partial charge in [0.2, 0.25) is 0 Å². The van der Waals surface area contributed by atoms with Crippen LogP contribution in [0, 0.1) is 0 Å². The molecular weight excluding hydrogens is 208 g/mol. The van der Waals surface area contributed by atoms with Crippen LogP contribution in [0.2, 0.25) is 0 Å². The van der Waals surface area contributed by atoms with Crippen molar-refractivity contribution in [2.75, 3.05) is 25.5 Å². The fourth-order valence-electron chi connectivity index (χ4n) is 1.26. The molecule has 0 aliphatic heterocycles. The summed E-state index contributed by atoms with van der Waals surface area (Å²) in [5.74, 6) is -0.193. The number of rotatable bonds is 5. The summed E-state index contributed by atoms with van der Waals surface area (Å²) in [6.45, 7) is -0.111. The number of carbonyl (C=O) groups excluding carboxylic acids is 1. The van der Waals surface area contributed by atoms with E-state index in [1.54, 1.807) is 31.3 Å². The zero-order chi connectivity index (χ0) is 12.0. The van der Waals surface area contributed by atoms with Gasteiger partial charge in [-0.1, -0.05) is 12.1 Å². The summed E-state index contributed by atoms with van der Waals surface area (Å²) in [7, 11) is 1.56. The van der Waals surface area contributed by atoms with Gasteiger partial charge in [0.1, 0.15) is 0 Å². The quantitative estimate of drug-likeness (QED) is 0.559. The number of hydrogen-bond donors (Lipinski definition) is 4. The standard InChI is InChI=1S/C11H16N2O3/c1-12-11(16)9-4-2-3-5-10(9)13-6-8(15)7-14/h2-5,8,13-15H,6-7H2,1H3,(H,12,16). The average molecular weight is 224 g/mol. The molecule has 4 N–H and O–H groups in total. The minimum atomic E-state index is -0.835. The number of carbonyl (C=O) groups is 1. The van der Waals surface area contributed by atoms with Crippen molar-refractivity contribution in [2.24, 2.45) is 0 Å². The van der Waals surface area contributed by atoms with Crippen LogP contribution in [0.5, 0.6) is 0 Å². The minimum absolute atomic E-state index is 0.193. The van der Waals surface area contributed by atoms with Gasteiger partial charge in [-0.05, 0) is 12.1 Å². The average Bonchev–Trinajstić information content (AvgIpc) is 2.35. The predicted octanol–water partition coefficient (Wildman–Crippen LogP) is -0.189. The molecule has 5 heteroatoms. The minimum Gasteiger partial charge on any atom is -0.394 e. The first-order valence-corrected chi connectivity index (χ1v) is 5.03. The molecule has 0 spiro atoms. The number of para-hydroxylation sites is 1. The zero-order valence-corrected chi connectivity index (χ0v) is 9.10. The number of aliphatic hydroxyl groups is 2. The molecular formula is C11H16N2O3. The van der Waals surface area contributed by atoms with E-state index >= 15 is 0 Å². The Morgan fingerprint density at radius 1 is 1.44 bits per heavy atom. The van der Waals surface area contributed by atoms with E-state index in [2.05, 4.69) is 10.6 Å². The number of aliphatic hydroxyl groups excluding tert-OH is 2. The number of benzene rings is 1. The lowest BCUT2D eigenvalue weighted by Crippen LogP contribution is -2.25. The molecule has 0 bridgehead atoms. The summed E-state index contributed by atoms with van der Waals surface area (Å²) >= 11 is 0. The lowest BCUT2D eigenvalue weighted by atomic mass is 10.1. The zero-order valence-electron chi connectivity index (χ0n) is 9.10. The molecule has 0 aliphatic rings. The Hall–Kier alpha value is -1.59. The van der Waals surface area contributed by atoms with E-state index in [-0.39, 0.29) is 19.1 Å². The van der Waals surface area contributed by atoms with Gasteiger partial charge in [0.05, 0.1) is 18.3 Å². The molecule has 0 saturated heterocycles. The van der Waals surface area contributed by atoms with Gasteiger partial charge in [-0.3, -0.25) is 4.79 Å². The van der Waals surface area contributed by atoms with Crippen molar-refractivity contribution >= 4 is 11.6 Å². The Kier molecular flexibility index (Phi) is 4.75. The highest BCUT2D eigenvalue weighted by Gasteiger charge is 2.09. The number of anilines is 1. The highest BCUT2D eigenvalue weighted by atomic mass is 16.3. The van der Waals surface area contributed by atoms with Gasteiger partial charge in [-0.2, -0.15) is 0 Å². The van der Waals surface area contributed by atoms with Gasteiger partial charge in [0, 0.05) is 19.3 Å². The molecule has 0 radical (unpaired) electrons. The Bertz CT molecular complexity index is 355. The van der Waals surface area contributed by atoms with Crippen molar-refractivity contribution in [2.45, 2.75) is 6.10 Å². The van der Waals surface area contributed by atoms with Crippen molar-refractivity contribution in [3.8, 4) is 0 Å². The van der Waals surface area contributed by atoms with Crippen molar-refractivity contribution < 1.29 is 15.0 Å². The Morgan fingerprint density at radius 3 is 2.75 bits per heavy atom. The molecule has 0 heterocycles. The van der Waals surface area contributed by atoms with Gasteiger partial charge in [-0.25, -0.2) is 0 Å². The SMILES string of the molecule is CNC(=O)c1ccccc1NCC(O)CO. The third kappa shape index (κ3) is 3.22. The van der Waals surface area contributed by atoms with Crippen LogP contribution < -0.4 is 10.6 Å². The molecule has 1 atom stereocenters. The second-order valence-corrected chi connectivity index (χ2v) is 3.34. The highest BCUT2D eigenvalue weighted by molar-refractivity contribution is 5.99. The molecule has 1 amide bonds. The predicted molar refractivity (Wildman–Crippen MR) is 61.4 cm³/mol. The van der Waals surface area contributed by atoms with Gasteiger partial charge < -0.3 is 20.8 Å². The summed E-state index contributed by atoms with van der Waals surface area (Å²) in [4.78, 5) is 11.5. The van der Waals surface area contributed by atoms with E-state index < -0.39 is 6.10 Å². The summed E-state index contributed by atoms with van der Waals surface area (Å²) in [6, 6.07) is 6.99. The second kappa shape index (κ2) is 6.09. The number of hydrogen-bond acceptors (Lipinski definition) is 4. The van der Waals surface area contributed by atoms with Crippen molar-refractivity contribution in [1.82, 2.24) is 5.32 Å². The van der Waals surface area contributed by atoms with E-state index in [0.29, 0.717) is 11.3 Å². The third-order valence-corrected chi connectivity index (χ3v) is 2.14. The smallest absolute Gasteiger partial charge is 0.253 e. The summed E-state index contributed by atoms with van der Waals surface area (Å²) in [5, 5.41) is 23.3. The topological polar surface area (TPSA) is 81.6 Å². The number of nitrogens with one attached hydrogen (secondary N) is 2. The summed E-state index contributed by atoms with van der Waals surface area (Å²) < 4.78 is 0. The first-order chi connectivity index (χ1) is 7.69. The van der Waals surface area contributed by atoms with Crippen molar-refractivity contribution in [1.29, 1.82) is 0 Å². The fourth-order valence-corrected chi connectivity index (χ4v) is 1.26. The van der Waals surface area contributed by atoms with Gasteiger partial charge in [0.15, 0.2) is 0 Å². The lowest BCUT2D eigenvalue weighted by molar-refractivity contribution is 0.0962. The van der Waals surface area contributed by atoms with Crippen LogP contribution in [0.4, 0.5) is 5.69 Å². The maximum absolute atomic E-state index is 11.5. The molecule has 1 unspecified atom stereocenters. The number of amides is 1. The molecule has 0 aromatic heterocycles. The van der Waals surface area contributed by atoms with E-state index in [1.165, 1.54) is 0 Å². The first kappa shape index (κ1) is 12.5. The fraction of sp³-hybridized carbons (Fsp3) is 0.364. The maximum Gasteiger partial charge on any atom is 0.253 e. The van der Waals surface area contributed by atoms with E-state index in [1.807, 2.05) is 0 Å². The van der Waals surface area contributed by atoms with E-state index in [9.17, 15) is 9.90 Å². The van der Waals surface area contributed by atoms with Crippen LogP contribution in [-0.4, -0.2) is 42.4 Å². The van der Waals surface area contributed by atoms with Gasteiger partial charge >= 0.3 is 0 Å². The van der Waals surface area contributed by atoms with Crippen LogP contribution in [0.15, 0.2) is 24.3 Å². The normalized spacial score (nSPS) is 11.9. The van der Waals surface area contributed by atoms with Crippen LogP contribution in [0.3, 0.4) is 0 Å². The lowest BCUT2D eigenvalue weighted by Gasteiger charge is -2.13. The molecule has 1 aromatic rings. The Balaban J connectivity index is 2.75. The maximum atomic E-state index is 11.5. The van der Waals surface area contributed by atoms with Gasteiger partial charge in [0.25, 0.3) is 5.91 Å². The molecule has 0 saturated carbocycles. The van der Waals surface area contributed by atoms with E-state index in [0.717, 1.165) is 0 Å². The molecule has 16 heavy (non-hydrogen) atoms. The second-order valence-electron chi connectivity index (χ2n) is 3.34. The largest absolute Gasteiger partial charge is 0.394 e. The Labute approximate surface area is 94.1 Å². The van der Waals surface area contributed by atoms with Crippen LogP contribution in [-0.2, 0) is 0 Å². The molecule has 5 nitrogen and oxygen atoms in total. The van der Waals surface area contributed by atoms with Crippen molar-refractivity contribution in [3.05, 3.63) is 29.8 Å². The summed E-state index contributed by atoms with van der Waals surface area (Å²) in [5.41, 5.74) is 1.14. The monoisotopic (exact) mass is 224 g/mol. The molecule has 88 valence electrons. The molecule has 0 aliphatic carbocycles. The highest BCUT2D eigenvalue weighted by Crippen LogP contribution is 2.14. The molecule has 1 rings (SSSR count). The van der Waals surface area contributed by atoms with Crippen LogP contribution in [0.25, 0.3) is 0 Å². The van der Waals surface area contributed by atoms with E-state index in [4.69, 9.17) is 5.11 Å². The van der Waals surface area contributed by atoms with Crippen LogP contribution >= 0.6 is 0 Å². The van der Waals surface area contributed by atoms with Crippen molar-refractivity contribution in [3.63, 3.8) is 0 Å². The van der Waals surface area contributed by atoms with Gasteiger partial charge in [-0.15, -0.1) is 0 Å². The van der Waals surface area contributed by atoms with Crippen LogP contribution in [0.1, 0.15) is 10.4 Å². The molecule has 0 fully saturated rings. The Morgan fingerprint density at radius 2 is 2.12 bits per heavy atom. The third-order valence-electron chi connectivity index (χ3n) is 2.14. The first-order valence-electron chi connectivity index (χ1n) is 5.03.